The van der Waals surface area contributed by atoms with Crippen LogP contribution in [0.5, 0.6) is 5.75 Å². The SMILES string of the molecule is CC(Oc1ccc(Br)cc1)C(=O)NCc1cccc(CN2CCCCC2)c1. The zero-order chi connectivity index (χ0) is 19.1. The molecule has 4 nitrogen and oxygen atoms in total. The largest absolute Gasteiger partial charge is 0.481 e. The van der Waals surface area contributed by atoms with Crippen LogP contribution in [0.4, 0.5) is 0 Å². The van der Waals surface area contributed by atoms with Crippen LogP contribution in [0.3, 0.4) is 0 Å². The van der Waals surface area contributed by atoms with Gasteiger partial charge in [0.1, 0.15) is 5.75 Å². The van der Waals surface area contributed by atoms with E-state index in [2.05, 4.69) is 50.4 Å². The molecule has 0 aliphatic carbocycles. The van der Waals surface area contributed by atoms with E-state index < -0.39 is 6.10 Å². The molecule has 1 unspecified atom stereocenters. The van der Waals surface area contributed by atoms with Crippen molar-refractivity contribution in [2.45, 2.75) is 45.4 Å². The van der Waals surface area contributed by atoms with E-state index in [1.165, 1.54) is 37.9 Å². The van der Waals surface area contributed by atoms with Gasteiger partial charge < -0.3 is 10.1 Å². The number of nitrogens with zero attached hydrogens (tertiary/aromatic N) is 1. The third-order valence-corrected chi connectivity index (χ3v) is 5.34. The number of carbonyl (C=O) groups excluding carboxylic acids is 1. The fourth-order valence-corrected chi connectivity index (χ4v) is 3.58. The van der Waals surface area contributed by atoms with Gasteiger partial charge in [-0.3, -0.25) is 9.69 Å². The Bertz CT molecular complexity index is 742. The molecule has 1 N–H and O–H groups in total. The molecular weight excluding hydrogens is 404 g/mol. The van der Waals surface area contributed by atoms with E-state index in [4.69, 9.17) is 4.74 Å². The summed E-state index contributed by atoms with van der Waals surface area (Å²) in [7, 11) is 0. The summed E-state index contributed by atoms with van der Waals surface area (Å²) < 4.78 is 6.69. The fraction of sp³-hybridized carbons (Fsp3) is 0.409. The molecule has 2 aromatic rings. The van der Waals surface area contributed by atoms with Crippen molar-refractivity contribution >= 4 is 21.8 Å². The highest BCUT2D eigenvalue weighted by Crippen LogP contribution is 2.17. The molecule has 5 heteroatoms. The van der Waals surface area contributed by atoms with Gasteiger partial charge in [-0.25, -0.2) is 0 Å². The molecule has 1 atom stereocenters. The number of rotatable bonds is 7. The summed E-state index contributed by atoms with van der Waals surface area (Å²) in [6.07, 6.45) is 3.41. The molecule has 27 heavy (non-hydrogen) atoms. The van der Waals surface area contributed by atoms with E-state index in [0.29, 0.717) is 12.3 Å². The number of hydrogen-bond acceptors (Lipinski definition) is 3. The zero-order valence-electron chi connectivity index (χ0n) is 15.8. The number of ether oxygens (including phenoxy) is 1. The Hall–Kier alpha value is -1.85. The third kappa shape index (κ3) is 6.36. The smallest absolute Gasteiger partial charge is 0.261 e. The van der Waals surface area contributed by atoms with E-state index >= 15 is 0 Å². The number of carbonyl (C=O) groups is 1. The molecule has 0 radical (unpaired) electrons. The highest BCUT2D eigenvalue weighted by molar-refractivity contribution is 9.10. The average molecular weight is 431 g/mol. The highest BCUT2D eigenvalue weighted by atomic mass is 79.9. The van der Waals surface area contributed by atoms with Crippen molar-refractivity contribution in [3.63, 3.8) is 0 Å². The van der Waals surface area contributed by atoms with Gasteiger partial charge in [0.15, 0.2) is 6.10 Å². The summed E-state index contributed by atoms with van der Waals surface area (Å²) in [4.78, 5) is 14.8. The van der Waals surface area contributed by atoms with Gasteiger partial charge in [-0.15, -0.1) is 0 Å². The van der Waals surface area contributed by atoms with Gasteiger partial charge in [-0.1, -0.05) is 46.6 Å². The number of likely N-dealkylation sites (tertiary alicyclic amines) is 1. The minimum atomic E-state index is -0.539. The molecule has 1 saturated heterocycles. The minimum absolute atomic E-state index is 0.112. The molecule has 0 bridgehead atoms. The zero-order valence-corrected chi connectivity index (χ0v) is 17.4. The van der Waals surface area contributed by atoms with Gasteiger partial charge in [0.25, 0.3) is 5.91 Å². The second-order valence-corrected chi connectivity index (χ2v) is 8.00. The predicted octanol–water partition coefficient (Wildman–Crippen LogP) is 4.52. The first kappa shape index (κ1) is 19.9. The number of benzene rings is 2. The van der Waals surface area contributed by atoms with Crippen LogP contribution < -0.4 is 10.1 Å². The first-order chi connectivity index (χ1) is 13.1. The lowest BCUT2D eigenvalue weighted by molar-refractivity contribution is -0.127. The molecule has 0 spiro atoms. The Morgan fingerprint density at radius 1 is 1.11 bits per heavy atom. The monoisotopic (exact) mass is 430 g/mol. The van der Waals surface area contributed by atoms with Gasteiger partial charge in [0.2, 0.25) is 0 Å². The predicted molar refractivity (Wildman–Crippen MR) is 112 cm³/mol. The summed E-state index contributed by atoms with van der Waals surface area (Å²) in [5.41, 5.74) is 2.43. The topological polar surface area (TPSA) is 41.6 Å². The quantitative estimate of drug-likeness (QED) is 0.701. The molecular formula is C22H27BrN2O2. The van der Waals surface area contributed by atoms with Crippen LogP contribution in [-0.2, 0) is 17.9 Å². The summed E-state index contributed by atoms with van der Waals surface area (Å²) >= 11 is 3.39. The normalized spacial score (nSPS) is 15.9. The number of nitrogens with one attached hydrogen (secondary N) is 1. The molecule has 144 valence electrons. The average Bonchev–Trinajstić information content (AvgIpc) is 2.69. The van der Waals surface area contributed by atoms with Gasteiger partial charge in [-0.05, 0) is 68.2 Å². The Labute approximate surface area is 170 Å². The van der Waals surface area contributed by atoms with Crippen molar-refractivity contribution in [2.75, 3.05) is 13.1 Å². The lowest BCUT2D eigenvalue weighted by Crippen LogP contribution is -2.35. The molecule has 1 amide bonds. The molecule has 0 aromatic heterocycles. The van der Waals surface area contributed by atoms with Crippen LogP contribution in [0.2, 0.25) is 0 Å². The van der Waals surface area contributed by atoms with E-state index in [1.54, 1.807) is 6.92 Å². The van der Waals surface area contributed by atoms with E-state index in [9.17, 15) is 4.79 Å². The van der Waals surface area contributed by atoms with Crippen LogP contribution in [0.1, 0.15) is 37.3 Å². The second kappa shape index (κ2) is 9.90. The van der Waals surface area contributed by atoms with Crippen molar-refractivity contribution in [1.29, 1.82) is 0 Å². The molecule has 1 aliphatic heterocycles. The fourth-order valence-electron chi connectivity index (χ4n) is 3.32. The summed E-state index contributed by atoms with van der Waals surface area (Å²) in [5, 5.41) is 2.97. The number of piperidine rings is 1. The first-order valence-corrected chi connectivity index (χ1v) is 10.4. The van der Waals surface area contributed by atoms with Crippen molar-refractivity contribution < 1.29 is 9.53 Å². The minimum Gasteiger partial charge on any atom is -0.481 e. The summed E-state index contributed by atoms with van der Waals surface area (Å²) in [5.74, 6) is 0.573. The van der Waals surface area contributed by atoms with Crippen LogP contribution in [0.25, 0.3) is 0 Å². The Kier molecular flexibility index (Phi) is 7.30. The van der Waals surface area contributed by atoms with Gasteiger partial charge in [0, 0.05) is 17.6 Å². The maximum atomic E-state index is 12.3. The molecule has 1 heterocycles. The first-order valence-electron chi connectivity index (χ1n) is 9.60. The second-order valence-electron chi connectivity index (χ2n) is 7.09. The van der Waals surface area contributed by atoms with Gasteiger partial charge >= 0.3 is 0 Å². The molecule has 0 saturated carbocycles. The van der Waals surface area contributed by atoms with E-state index in [1.807, 2.05) is 24.3 Å². The van der Waals surface area contributed by atoms with Crippen LogP contribution in [0, 0.1) is 0 Å². The van der Waals surface area contributed by atoms with E-state index in [-0.39, 0.29) is 5.91 Å². The lowest BCUT2D eigenvalue weighted by Gasteiger charge is -2.26. The number of amides is 1. The molecule has 1 fully saturated rings. The maximum Gasteiger partial charge on any atom is 0.261 e. The Morgan fingerprint density at radius 3 is 2.56 bits per heavy atom. The van der Waals surface area contributed by atoms with Crippen molar-refractivity contribution in [3.05, 3.63) is 64.1 Å². The molecule has 2 aromatic carbocycles. The van der Waals surface area contributed by atoms with Crippen LogP contribution in [0.15, 0.2) is 53.0 Å². The van der Waals surface area contributed by atoms with E-state index in [0.717, 1.165) is 16.6 Å². The highest BCUT2D eigenvalue weighted by Gasteiger charge is 2.15. The standard InChI is InChI=1S/C22H27BrN2O2/c1-17(27-21-10-8-20(23)9-11-21)22(26)24-15-18-6-5-7-19(14-18)16-25-12-3-2-4-13-25/h5-11,14,17H,2-4,12-13,15-16H2,1H3,(H,24,26). The van der Waals surface area contributed by atoms with Gasteiger partial charge in [0.05, 0.1) is 0 Å². The Morgan fingerprint density at radius 2 is 1.81 bits per heavy atom. The van der Waals surface area contributed by atoms with Crippen LogP contribution >= 0.6 is 15.9 Å². The third-order valence-electron chi connectivity index (χ3n) is 4.81. The molecule has 1 aliphatic rings. The van der Waals surface area contributed by atoms with Crippen molar-refractivity contribution in [3.8, 4) is 5.75 Å². The lowest BCUT2D eigenvalue weighted by atomic mass is 10.1. The summed E-state index contributed by atoms with van der Waals surface area (Å²) in [6, 6.07) is 16.0. The molecule has 3 rings (SSSR count). The number of halogens is 1. The van der Waals surface area contributed by atoms with Gasteiger partial charge in [-0.2, -0.15) is 0 Å². The summed E-state index contributed by atoms with van der Waals surface area (Å²) in [6.45, 7) is 5.65. The number of hydrogen-bond donors (Lipinski definition) is 1. The van der Waals surface area contributed by atoms with Crippen molar-refractivity contribution in [1.82, 2.24) is 10.2 Å². The van der Waals surface area contributed by atoms with Crippen LogP contribution in [-0.4, -0.2) is 30.0 Å². The maximum absolute atomic E-state index is 12.3. The Balaban J connectivity index is 1.49. The van der Waals surface area contributed by atoms with Crippen molar-refractivity contribution in [2.24, 2.45) is 0 Å².